The molecule has 110 valence electrons. The third-order valence-electron chi connectivity index (χ3n) is 4.05. The zero-order valence-electron chi connectivity index (χ0n) is 12.9. The molecule has 0 heterocycles. The highest BCUT2D eigenvalue weighted by Gasteiger charge is 2.20. The first-order valence-corrected chi connectivity index (χ1v) is 7.31. The quantitative estimate of drug-likeness (QED) is 0.896. The summed E-state index contributed by atoms with van der Waals surface area (Å²) in [6.07, 6.45) is 1.16. The Kier molecular flexibility index (Phi) is 4.79. The van der Waals surface area contributed by atoms with Gasteiger partial charge in [-0.3, -0.25) is 4.79 Å². The minimum atomic E-state index is -0.723. The zero-order chi connectivity index (χ0) is 15.4. The van der Waals surface area contributed by atoms with Crippen LogP contribution in [0.2, 0.25) is 0 Å². The van der Waals surface area contributed by atoms with Crippen LogP contribution in [0, 0.1) is 26.7 Å². The molecule has 0 radical (unpaired) electrons. The molecular weight excluding hydrogens is 260 g/mol. The molecule has 2 heteroatoms. The molecule has 0 aliphatic carbocycles. The summed E-state index contributed by atoms with van der Waals surface area (Å²) in [4.78, 5) is 11.6. The van der Waals surface area contributed by atoms with E-state index in [0.29, 0.717) is 12.8 Å². The minimum Gasteiger partial charge on any atom is -0.481 e. The maximum atomic E-state index is 11.6. The molecule has 1 atom stereocenters. The van der Waals surface area contributed by atoms with Crippen molar-refractivity contribution >= 4 is 5.97 Å². The predicted octanol–water partition coefficient (Wildman–Crippen LogP) is 4.10. The van der Waals surface area contributed by atoms with Crippen LogP contribution in [0.5, 0.6) is 0 Å². The monoisotopic (exact) mass is 282 g/mol. The first-order chi connectivity index (χ1) is 9.97. The fraction of sp³-hybridized carbons (Fsp3) is 0.316. The summed E-state index contributed by atoms with van der Waals surface area (Å²) in [5.74, 6) is -1.11. The van der Waals surface area contributed by atoms with Crippen LogP contribution < -0.4 is 0 Å². The molecule has 2 aromatic carbocycles. The van der Waals surface area contributed by atoms with Crippen LogP contribution >= 0.6 is 0 Å². The molecule has 2 aromatic rings. The van der Waals surface area contributed by atoms with Crippen LogP contribution in [-0.2, 0) is 17.6 Å². The van der Waals surface area contributed by atoms with Crippen molar-refractivity contribution in [3.63, 3.8) is 0 Å². The molecule has 21 heavy (non-hydrogen) atoms. The van der Waals surface area contributed by atoms with E-state index in [9.17, 15) is 9.90 Å². The molecule has 1 unspecified atom stereocenters. The van der Waals surface area contributed by atoms with Crippen LogP contribution in [0.15, 0.2) is 42.5 Å². The topological polar surface area (TPSA) is 37.3 Å². The Labute approximate surface area is 126 Å². The Morgan fingerprint density at radius 1 is 0.952 bits per heavy atom. The Hall–Kier alpha value is -2.09. The van der Waals surface area contributed by atoms with Crippen LogP contribution in [-0.4, -0.2) is 11.1 Å². The van der Waals surface area contributed by atoms with E-state index < -0.39 is 5.97 Å². The highest BCUT2D eigenvalue weighted by Crippen LogP contribution is 2.20. The second-order valence-corrected chi connectivity index (χ2v) is 5.80. The maximum Gasteiger partial charge on any atom is 0.307 e. The summed E-state index contributed by atoms with van der Waals surface area (Å²) < 4.78 is 0. The van der Waals surface area contributed by atoms with E-state index >= 15 is 0 Å². The molecule has 2 rings (SSSR count). The van der Waals surface area contributed by atoms with Gasteiger partial charge in [-0.1, -0.05) is 48.0 Å². The molecule has 0 saturated heterocycles. The van der Waals surface area contributed by atoms with Gasteiger partial charge in [0.2, 0.25) is 0 Å². The first kappa shape index (κ1) is 15.3. The van der Waals surface area contributed by atoms with E-state index in [1.807, 2.05) is 45.0 Å². The van der Waals surface area contributed by atoms with Crippen molar-refractivity contribution in [1.82, 2.24) is 0 Å². The molecule has 0 aromatic heterocycles. The van der Waals surface area contributed by atoms with Crippen molar-refractivity contribution in [2.75, 3.05) is 0 Å². The summed E-state index contributed by atoms with van der Waals surface area (Å²) in [5.41, 5.74) is 5.75. The van der Waals surface area contributed by atoms with Gasteiger partial charge in [0.15, 0.2) is 0 Å². The number of hydrogen-bond donors (Lipinski definition) is 1. The van der Waals surface area contributed by atoms with Gasteiger partial charge in [-0.05, 0) is 55.9 Å². The number of carboxylic acids is 1. The Morgan fingerprint density at radius 3 is 2.24 bits per heavy atom. The van der Waals surface area contributed by atoms with E-state index in [1.165, 1.54) is 5.56 Å². The summed E-state index contributed by atoms with van der Waals surface area (Å²) in [5, 5.41) is 9.55. The summed E-state index contributed by atoms with van der Waals surface area (Å²) >= 11 is 0. The van der Waals surface area contributed by atoms with Crippen LogP contribution in [0.25, 0.3) is 0 Å². The minimum absolute atomic E-state index is 0.383. The summed E-state index contributed by atoms with van der Waals surface area (Å²) in [6.45, 7) is 6.12. The number of rotatable bonds is 5. The van der Waals surface area contributed by atoms with E-state index in [1.54, 1.807) is 0 Å². The average Bonchev–Trinajstić information content (AvgIpc) is 2.44. The van der Waals surface area contributed by atoms with Crippen molar-refractivity contribution in [3.05, 3.63) is 70.3 Å². The number of aliphatic carboxylic acids is 1. The number of hydrogen-bond acceptors (Lipinski definition) is 1. The second-order valence-electron chi connectivity index (χ2n) is 5.80. The Balaban J connectivity index is 2.22. The van der Waals surface area contributed by atoms with Gasteiger partial charge < -0.3 is 5.11 Å². The number of aryl methyl sites for hydroxylation is 3. The van der Waals surface area contributed by atoms with Crippen LogP contribution in [0.1, 0.15) is 27.8 Å². The van der Waals surface area contributed by atoms with Crippen molar-refractivity contribution in [1.29, 1.82) is 0 Å². The van der Waals surface area contributed by atoms with Gasteiger partial charge in [0, 0.05) is 0 Å². The highest BCUT2D eigenvalue weighted by molar-refractivity contribution is 5.71. The van der Waals surface area contributed by atoms with E-state index in [0.717, 1.165) is 22.3 Å². The largest absolute Gasteiger partial charge is 0.481 e. The fourth-order valence-electron chi connectivity index (χ4n) is 2.64. The van der Waals surface area contributed by atoms with Crippen LogP contribution in [0.4, 0.5) is 0 Å². The number of benzene rings is 2. The first-order valence-electron chi connectivity index (χ1n) is 7.31. The lowest BCUT2D eigenvalue weighted by Crippen LogP contribution is -2.20. The lowest BCUT2D eigenvalue weighted by atomic mass is 9.89. The SMILES string of the molecule is Cc1ccc(C)c(CC(Cc2ccccc2C)C(=O)O)c1. The third-order valence-corrected chi connectivity index (χ3v) is 4.05. The van der Waals surface area contributed by atoms with Crippen LogP contribution in [0.3, 0.4) is 0 Å². The molecule has 1 N–H and O–H groups in total. The van der Waals surface area contributed by atoms with Crippen molar-refractivity contribution in [3.8, 4) is 0 Å². The molecule has 0 aliphatic rings. The van der Waals surface area contributed by atoms with Gasteiger partial charge in [-0.25, -0.2) is 0 Å². The Morgan fingerprint density at radius 2 is 1.57 bits per heavy atom. The van der Waals surface area contributed by atoms with E-state index in [4.69, 9.17) is 0 Å². The van der Waals surface area contributed by atoms with Gasteiger partial charge in [-0.2, -0.15) is 0 Å². The summed E-state index contributed by atoms with van der Waals surface area (Å²) in [6, 6.07) is 14.2. The number of carboxylic acid groups (broad SMARTS) is 1. The van der Waals surface area contributed by atoms with Gasteiger partial charge in [0.25, 0.3) is 0 Å². The van der Waals surface area contributed by atoms with Crippen molar-refractivity contribution in [2.45, 2.75) is 33.6 Å². The Bertz CT molecular complexity index is 644. The predicted molar refractivity (Wildman–Crippen MR) is 85.6 cm³/mol. The molecule has 0 bridgehead atoms. The summed E-state index contributed by atoms with van der Waals surface area (Å²) in [7, 11) is 0. The molecule has 2 nitrogen and oxygen atoms in total. The second kappa shape index (κ2) is 6.57. The molecule has 0 spiro atoms. The molecular formula is C19H22O2. The van der Waals surface area contributed by atoms with Gasteiger partial charge in [0.1, 0.15) is 0 Å². The van der Waals surface area contributed by atoms with Gasteiger partial charge in [-0.15, -0.1) is 0 Å². The third kappa shape index (κ3) is 3.94. The molecule has 0 saturated carbocycles. The smallest absolute Gasteiger partial charge is 0.307 e. The standard InChI is InChI=1S/C19H22O2/c1-13-8-9-15(3)17(10-13)12-18(19(20)21)11-16-7-5-4-6-14(16)2/h4-10,18H,11-12H2,1-3H3,(H,20,21). The molecule has 0 fully saturated rings. The highest BCUT2D eigenvalue weighted by atomic mass is 16.4. The molecule has 0 amide bonds. The maximum absolute atomic E-state index is 11.6. The fourth-order valence-corrected chi connectivity index (χ4v) is 2.64. The zero-order valence-corrected chi connectivity index (χ0v) is 12.9. The van der Waals surface area contributed by atoms with Gasteiger partial charge in [0.05, 0.1) is 5.92 Å². The van der Waals surface area contributed by atoms with Gasteiger partial charge >= 0.3 is 5.97 Å². The molecule has 0 aliphatic heterocycles. The lowest BCUT2D eigenvalue weighted by Gasteiger charge is -2.16. The van der Waals surface area contributed by atoms with E-state index in [-0.39, 0.29) is 5.92 Å². The number of carbonyl (C=O) groups is 1. The van der Waals surface area contributed by atoms with E-state index in [2.05, 4.69) is 18.2 Å². The lowest BCUT2D eigenvalue weighted by molar-refractivity contribution is -0.141. The van der Waals surface area contributed by atoms with Crippen molar-refractivity contribution < 1.29 is 9.90 Å². The normalized spacial score (nSPS) is 12.1. The average molecular weight is 282 g/mol. The van der Waals surface area contributed by atoms with Crippen molar-refractivity contribution in [2.24, 2.45) is 5.92 Å².